The molecule has 1 rings (SSSR count). The summed E-state index contributed by atoms with van der Waals surface area (Å²) in [6, 6.07) is 0. The third-order valence-electron chi connectivity index (χ3n) is 1.08. The Bertz CT molecular complexity index is 166. The summed E-state index contributed by atoms with van der Waals surface area (Å²) >= 11 is 0. The lowest BCUT2D eigenvalue weighted by Crippen LogP contribution is -2.22. The van der Waals surface area contributed by atoms with Crippen molar-refractivity contribution in [3.8, 4) is 0 Å². The fourth-order valence-electron chi connectivity index (χ4n) is 0.589. The fourth-order valence-corrected chi connectivity index (χ4v) is 1.63. The topological polar surface area (TPSA) is 72.7 Å². The predicted molar refractivity (Wildman–Crippen MR) is 36.8 cm³/mol. The molecule has 0 aliphatic carbocycles. The smallest absolute Gasteiger partial charge is 0.230 e. The Hall–Kier alpha value is -0.420. The maximum absolute atomic E-state index is 10.8. The summed E-state index contributed by atoms with van der Waals surface area (Å²) in [6.07, 6.45) is 0.111. The molecule has 4 nitrogen and oxygen atoms in total. The lowest BCUT2D eigenvalue weighted by molar-refractivity contribution is -0.115. The number of hydrogen-bond acceptors (Lipinski definition) is 3. The summed E-state index contributed by atoms with van der Waals surface area (Å²) in [7, 11) is -1.12. The van der Waals surface area contributed by atoms with Crippen LogP contribution < -0.4 is 5.73 Å². The lowest BCUT2D eigenvalue weighted by Gasteiger charge is -1.93. The zero-order chi connectivity index (χ0) is 7.56. The van der Waals surface area contributed by atoms with Crippen LogP contribution in [0.2, 0.25) is 0 Å². The van der Waals surface area contributed by atoms with Gasteiger partial charge in [-0.2, -0.15) is 0 Å². The van der Waals surface area contributed by atoms with Crippen molar-refractivity contribution in [1.82, 2.24) is 0 Å². The predicted octanol–water partition coefficient (Wildman–Crippen LogP) is -1.38. The molecule has 1 unspecified atom stereocenters. The van der Waals surface area contributed by atoms with Crippen molar-refractivity contribution in [1.29, 1.82) is 0 Å². The molecule has 0 radical (unpaired) electrons. The first-order valence-electron chi connectivity index (χ1n) is 2.93. The largest absolute Gasteiger partial charge is 0.372 e. The van der Waals surface area contributed by atoms with Gasteiger partial charge in [-0.3, -0.25) is 9.00 Å². The van der Waals surface area contributed by atoms with Crippen LogP contribution in [-0.4, -0.2) is 34.3 Å². The maximum Gasteiger partial charge on any atom is 0.230 e. The number of carbonyl (C=O) groups excluding carboxylic acids is 1. The number of carbonyl (C=O) groups is 1. The van der Waals surface area contributed by atoms with Gasteiger partial charge in [-0.15, -0.1) is 0 Å². The van der Waals surface area contributed by atoms with Gasteiger partial charge in [0.05, 0.1) is 18.5 Å². The summed E-state index contributed by atoms with van der Waals surface area (Å²) in [6.45, 7) is 0.671. The highest BCUT2D eigenvalue weighted by atomic mass is 32.2. The van der Waals surface area contributed by atoms with E-state index in [0.29, 0.717) is 12.4 Å². The van der Waals surface area contributed by atoms with Gasteiger partial charge in [-0.05, 0) is 0 Å². The van der Waals surface area contributed by atoms with Crippen LogP contribution in [0.25, 0.3) is 0 Å². The van der Waals surface area contributed by atoms with E-state index < -0.39 is 16.7 Å². The molecule has 5 heteroatoms. The fraction of sp³-hybridized carbons (Fsp3) is 0.800. The molecule has 1 heterocycles. The molecule has 1 amide bonds. The van der Waals surface area contributed by atoms with Gasteiger partial charge in [0.1, 0.15) is 5.75 Å². The SMILES string of the molecule is NC(=O)CS(=O)C[C@H]1CO1. The van der Waals surface area contributed by atoms with Crippen LogP contribution in [0, 0.1) is 0 Å². The molecule has 0 aromatic carbocycles. The van der Waals surface area contributed by atoms with Gasteiger partial charge < -0.3 is 10.5 Å². The van der Waals surface area contributed by atoms with Crippen LogP contribution in [0.3, 0.4) is 0 Å². The number of primary amides is 1. The van der Waals surface area contributed by atoms with Crippen LogP contribution >= 0.6 is 0 Å². The van der Waals surface area contributed by atoms with Crippen LogP contribution in [0.5, 0.6) is 0 Å². The van der Waals surface area contributed by atoms with Crippen LogP contribution in [0.1, 0.15) is 0 Å². The van der Waals surface area contributed by atoms with Gasteiger partial charge in [0.15, 0.2) is 0 Å². The molecule has 10 heavy (non-hydrogen) atoms. The molecule has 0 aromatic heterocycles. The molecule has 1 aliphatic heterocycles. The second kappa shape index (κ2) is 3.12. The van der Waals surface area contributed by atoms with Crippen molar-refractivity contribution in [2.24, 2.45) is 5.73 Å². The normalized spacial score (nSPS) is 25.8. The molecule has 0 spiro atoms. The number of amides is 1. The minimum Gasteiger partial charge on any atom is -0.372 e. The van der Waals surface area contributed by atoms with Gasteiger partial charge in [-0.1, -0.05) is 0 Å². The van der Waals surface area contributed by atoms with Crippen molar-refractivity contribution in [2.45, 2.75) is 6.10 Å². The number of nitrogens with two attached hydrogens (primary N) is 1. The monoisotopic (exact) mass is 163 g/mol. The average molecular weight is 163 g/mol. The van der Waals surface area contributed by atoms with Crippen LogP contribution in [0.15, 0.2) is 0 Å². The molecule has 2 N–H and O–H groups in total. The van der Waals surface area contributed by atoms with Crippen molar-refractivity contribution in [3.05, 3.63) is 0 Å². The maximum atomic E-state index is 10.8. The van der Waals surface area contributed by atoms with E-state index in [-0.39, 0.29) is 11.9 Å². The minimum atomic E-state index is -1.12. The Balaban J connectivity index is 2.14. The molecule has 58 valence electrons. The van der Waals surface area contributed by atoms with Gasteiger partial charge in [0.2, 0.25) is 5.91 Å². The van der Waals surface area contributed by atoms with Crippen molar-refractivity contribution in [2.75, 3.05) is 18.1 Å². The van der Waals surface area contributed by atoms with E-state index in [4.69, 9.17) is 10.5 Å². The first-order valence-corrected chi connectivity index (χ1v) is 4.42. The molecule has 0 aromatic rings. The first-order chi connectivity index (χ1) is 4.68. The third kappa shape index (κ3) is 2.93. The highest BCUT2D eigenvalue weighted by molar-refractivity contribution is 7.85. The minimum absolute atomic E-state index is 0.0418. The molecule has 1 fully saturated rings. The lowest BCUT2D eigenvalue weighted by atomic mass is 10.6. The molecule has 0 bridgehead atoms. The van der Waals surface area contributed by atoms with E-state index in [1.807, 2.05) is 0 Å². The van der Waals surface area contributed by atoms with Crippen LogP contribution in [0.4, 0.5) is 0 Å². The number of ether oxygens (including phenoxy) is 1. The molecule has 0 saturated carbocycles. The summed E-state index contributed by atoms with van der Waals surface area (Å²) in [5.41, 5.74) is 4.82. The quantitative estimate of drug-likeness (QED) is 0.519. The Kier molecular flexibility index (Phi) is 2.39. The average Bonchev–Trinajstić information content (AvgIpc) is 2.46. The van der Waals surface area contributed by atoms with E-state index in [9.17, 15) is 9.00 Å². The van der Waals surface area contributed by atoms with Crippen molar-refractivity contribution in [3.63, 3.8) is 0 Å². The first kappa shape index (κ1) is 7.68. The Morgan fingerprint density at radius 1 is 1.80 bits per heavy atom. The van der Waals surface area contributed by atoms with E-state index in [0.717, 1.165) is 0 Å². The van der Waals surface area contributed by atoms with E-state index in [2.05, 4.69) is 0 Å². The second-order valence-corrected chi connectivity index (χ2v) is 3.67. The van der Waals surface area contributed by atoms with E-state index in [1.165, 1.54) is 0 Å². The standard InChI is InChI=1S/C5H9NO3S/c6-5(7)3-10(8)2-4-1-9-4/h4H,1-3H2,(H2,6,7)/t4-,10?/m1/s1. The Morgan fingerprint density at radius 2 is 2.40 bits per heavy atom. The second-order valence-electron chi connectivity index (χ2n) is 2.17. The number of epoxide rings is 1. The Morgan fingerprint density at radius 3 is 2.80 bits per heavy atom. The van der Waals surface area contributed by atoms with Gasteiger partial charge in [0, 0.05) is 10.8 Å². The molecule has 2 atom stereocenters. The molecule has 1 saturated heterocycles. The highest BCUT2D eigenvalue weighted by Crippen LogP contribution is 2.09. The molecular weight excluding hydrogens is 154 g/mol. The van der Waals surface area contributed by atoms with Gasteiger partial charge in [0.25, 0.3) is 0 Å². The number of rotatable bonds is 4. The van der Waals surface area contributed by atoms with Crippen LogP contribution in [-0.2, 0) is 20.3 Å². The summed E-state index contributed by atoms with van der Waals surface area (Å²) in [5, 5.41) is 0. The zero-order valence-electron chi connectivity index (χ0n) is 5.41. The van der Waals surface area contributed by atoms with E-state index in [1.54, 1.807) is 0 Å². The van der Waals surface area contributed by atoms with Crippen molar-refractivity contribution < 1.29 is 13.7 Å². The summed E-state index contributed by atoms with van der Waals surface area (Å²) < 4.78 is 15.6. The Labute approximate surface area is 61.2 Å². The summed E-state index contributed by atoms with van der Waals surface area (Å²) in [5.74, 6) is -0.109. The van der Waals surface area contributed by atoms with Gasteiger partial charge >= 0.3 is 0 Å². The number of hydrogen-bond donors (Lipinski definition) is 1. The van der Waals surface area contributed by atoms with Gasteiger partial charge in [-0.25, -0.2) is 0 Å². The zero-order valence-corrected chi connectivity index (χ0v) is 6.23. The third-order valence-corrected chi connectivity index (χ3v) is 2.43. The molecular formula is C5H9NO3S. The molecule has 1 aliphatic rings. The summed E-state index contributed by atoms with van der Waals surface area (Å²) in [4.78, 5) is 10.2. The van der Waals surface area contributed by atoms with Crippen molar-refractivity contribution >= 4 is 16.7 Å². The highest BCUT2D eigenvalue weighted by Gasteiger charge is 2.25. The van der Waals surface area contributed by atoms with E-state index >= 15 is 0 Å².